The normalized spacial score (nSPS) is 13.2. The third kappa shape index (κ3) is 2.30. The van der Waals surface area contributed by atoms with Crippen LogP contribution in [0.2, 0.25) is 0 Å². The fourth-order valence-electron chi connectivity index (χ4n) is 1.48. The van der Waals surface area contributed by atoms with Gasteiger partial charge >= 0.3 is 0 Å². The molecule has 0 bridgehead atoms. The van der Waals surface area contributed by atoms with Gasteiger partial charge < -0.3 is 4.57 Å². The van der Waals surface area contributed by atoms with Gasteiger partial charge in [-0.2, -0.15) is 0 Å². The van der Waals surface area contributed by atoms with E-state index in [2.05, 4.69) is 44.5 Å². The standard InChI is InChI=1S/C9H16BrN3/c1-4-5-7(2)9-12-11-8(6-10)13(9)3/h7H,4-6H2,1-3H3. The second kappa shape index (κ2) is 4.74. The average Bonchev–Trinajstić information content (AvgIpc) is 2.47. The zero-order chi connectivity index (χ0) is 9.84. The number of aromatic nitrogens is 3. The van der Waals surface area contributed by atoms with Crippen LogP contribution in [0.15, 0.2) is 0 Å². The van der Waals surface area contributed by atoms with Gasteiger partial charge in [-0.25, -0.2) is 0 Å². The molecule has 0 fully saturated rings. The Balaban J connectivity index is 2.82. The van der Waals surface area contributed by atoms with Crippen molar-refractivity contribution in [3.8, 4) is 0 Å². The molecule has 1 aromatic heterocycles. The fraction of sp³-hybridized carbons (Fsp3) is 0.778. The molecule has 1 unspecified atom stereocenters. The van der Waals surface area contributed by atoms with E-state index in [1.165, 1.54) is 12.8 Å². The van der Waals surface area contributed by atoms with E-state index in [1.54, 1.807) is 0 Å². The highest BCUT2D eigenvalue weighted by Gasteiger charge is 2.13. The first-order chi connectivity index (χ1) is 6.20. The quantitative estimate of drug-likeness (QED) is 0.764. The zero-order valence-electron chi connectivity index (χ0n) is 8.42. The van der Waals surface area contributed by atoms with Gasteiger partial charge in [-0.1, -0.05) is 36.2 Å². The van der Waals surface area contributed by atoms with Gasteiger partial charge in [0.2, 0.25) is 0 Å². The van der Waals surface area contributed by atoms with Crippen molar-refractivity contribution in [2.75, 3.05) is 0 Å². The predicted molar refractivity (Wildman–Crippen MR) is 57.0 cm³/mol. The molecule has 0 amide bonds. The number of hydrogen-bond donors (Lipinski definition) is 0. The van der Waals surface area contributed by atoms with Crippen molar-refractivity contribution < 1.29 is 0 Å². The summed E-state index contributed by atoms with van der Waals surface area (Å²) in [5, 5.41) is 9.06. The molecule has 1 heterocycles. The van der Waals surface area contributed by atoms with Gasteiger partial charge in [-0.3, -0.25) is 0 Å². The third-order valence-electron chi connectivity index (χ3n) is 2.28. The van der Waals surface area contributed by atoms with Gasteiger partial charge in [0, 0.05) is 13.0 Å². The van der Waals surface area contributed by atoms with Gasteiger partial charge in [0.15, 0.2) is 0 Å². The van der Waals surface area contributed by atoms with E-state index in [1.807, 2.05) is 7.05 Å². The third-order valence-corrected chi connectivity index (χ3v) is 2.78. The molecule has 13 heavy (non-hydrogen) atoms. The largest absolute Gasteiger partial charge is 0.317 e. The first-order valence-corrected chi connectivity index (χ1v) is 5.77. The van der Waals surface area contributed by atoms with Crippen molar-refractivity contribution >= 4 is 15.9 Å². The van der Waals surface area contributed by atoms with E-state index in [-0.39, 0.29) is 0 Å². The predicted octanol–water partition coefficient (Wildman–Crippen LogP) is 2.61. The van der Waals surface area contributed by atoms with Crippen LogP contribution in [0.25, 0.3) is 0 Å². The van der Waals surface area contributed by atoms with Crippen LogP contribution in [0.4, 0.5) is 0 Å². The molecule has 0 saturated carbocycles. The van der Waals surface area contributed by atoms with E-state index < -0.39 is 0 Å². The van der Waals surface area contributed by atoms with Crippen LogP contribution in [0, 0.1) is 0 Å². The molecule has 0 N–H and O–H groups in total. The highest BCUT2D eigenvalue weighted by molar-refractivity contribution is 9.08. The average molecular weight is 246 g/mol. The Labute approximate surface area is 87.7 Å². The summed E-state index contributed by atoms with van der Waals surface area (Å²) >= 11 is 3.39. The van der Waals surface area contributed by atoms with E-state index >= 15 is 0 Å². The summed E-state index contributed by atoms with van der Waals surface area (Å²) in [4.78, 5) is 0. The van der Waals surface area contributed by atoms with Crippen LogP contribution in [0.3, 0.4) is 0 Å². The SMILES string of the molecule is CCCC(C)c1nnc(CBr)n1C. The Morgan fingerprint density at radius 2 is 2.15 bits per heavy atom. The van der Waals surface area contributed by atoms with Crippen molar-refractivity contribution in [1.82, 2.24) is 14.8 Å². The van der Waals surface area contributed by atoms with Gasteiger partial charge in [0.05, 0.1) is 5.33 Å². The van der Waals surface area contributed by atoms with Gasteiger partial charge in [0.1, 0.15) is 11.6 Å². The minimum atomic E-state index is 0.510. The number of nitrogens with zero attached hydrogens (tertiary/aromatic N) is 3. The topological polar surface area (TPSA) is 30.7 Å². The van der Waals surface area contributed by atoms with E-state index in [9.17, 15) is 0 Å². The lowest BCUT2D eigenvalue weighted by Crippen LogP contribution is -2.04. The van der Waals surface area contributed by atoms with Gasteiger partial charge in [0.25, 0.3) is 0 Å². The molecule has 0 aliphatic heterocycles. The summed E-state index contributed by atoms with van der Waals surface area (Å²) in [6, 6.07) is 0. The molecule has 1 aromatic rings. The lowest BCUT2D eigenvalue weighted by atomic mass is 10.1. The molecule has 1 rings (SSSR count). The van der Waals surface area contributed by atoms with Crippen molar-refractivity contribution in [3.05, 3.63) is 11.6 Å². The van der Waals surface area contributed by atoms with Crippen molar-refractivity contribution in [2.45, 2.75) is 37.9 Å². The van der Waals surface area contributed by atoms with Crippen LogP contribution in [0.1, 0.15) is 44.3 Å². The molecule has 3 nitrogen and oxygen atoms in total. The first-order valence-electron chi connectivity index (χ1n) is 4.64. The molecule has 4 heteroatoms. The summed E-state index contributed by atoms with van der Waals surface area (Å²) in [7, 11) is 2.03. The van der Waals surface area contributed by atoms with Crippen LogP contribution < -0.4 is 0 Å². The summed E-state index contributed by atoms with van der Waals surface area (Å²) < 4.78 is 2.08. The van der Waals surface area contributed by atoms with Gasteiger partial charge in [-0.15, -0.1) is 10.2 Å². The lowest BCUT2D eigenvalue weighted by Gasteiger charge is -2.08. The van der Waals surface area contributed by atoms with Crippen LogP contribution in [-0.2, 0) is 12.4 Å². The Hall–Kier alpha value is -0.380. The van der Waals surface area contributed by atoms with E-state index in [4.69, 9.17) is 0 Å². The molecule has 0 saturated heterocycles. The highest BCUT2D eigenvalue weighted by Crippen LogP contribution is 2.18. The minimum absolute atomic E-state index is 0.510. The number of rotatable bonds is 4. The Morgan fingerprint density at radius 3 is 2.62 bits per heavy atom. The van der Waals surface area contributed by atoms with Crippen molar-refractivity contribution in [3.63, 3.8) is 0 Å². The van der Waals surface area contributed by atoms with Crippen LogP contribution >= 0.6 is 15.9 Å². The molecule has 0 aliphatic rings. The molecule has 74 valence electrons. The summed E-state index contributed by atoms with van der Waals surface area (Å²) in [5.41, 5.74) is 0. The van der Waals surface area contributed by atoms with Crippen LogP contribution in [-0.4, -0.2) is 14.8 Å². The first kappa shape index (κ1) is 10.7. The Kier molecular flexibility index (Phi) is 3.90. The maximum Gasteiger partial charge on any atom is 0.143 e. The lowest BCUT2D eigenvalue weighted by molar-refractivity contribution is 0.597. The van der Waals surface area contributed by atoms with E-state index in [0.717, 1.165) is 17.0 Å². The number of halogens is 1. The smallest absolute Gasteiger partial charge is 0.143 e. The fourth-order valence-corrected chi connectivity index (χ4v) is 1.97. The van der Waals surface area contributed by atoms with Crippen LogP contribution in [0.5, 0.6) is 0 Å². The van der Waals surface area contributed by atoms with Crippen molar-refractivity contribution in [1.29, 1.82) is 0 Å². The Morgan fingerprint density at radius 1 is 1.46 bits per heavy atom. The molecule has 0 aliphatic carbocycles. The highest BCUT2D eigenvalue weighted by atomic mass is 79.9. The number of hydrogen-bond acceptors (Lipinski definition) is 2. The molecular weight excluding hydrogens is 230 g/mol. The molecule has 0 radical (unpaired) electrons. The number of alkyl halides is 1. The van der Waals surface area contributed by atoms with Crippen molar-refractivity contribution in [2.24, 2.45) is 7.05 Å². The van der Waals surface area contributed by atoms with Gasteiger partial charge in [-0.05, 0) is 6.42 Å². The summed E-state index contributed by atoms with van der Waals surface area (Å²) in [6.07, 6.45) is 2.37. The maximum absolute atomic E-state index is 4.19. The monoisotopic (exact) mass is 245 g/mol. The molecule has 0 aromatic carbocycles. The minimum Gasteiger partial charge on any atom is -0.317 e. The second-order valence-corrected chi connectivity index (χ2v) is 3.92. The molecule has 1 atom stereocenters. The summed E-state index contributed by atoms with van der Waals surface area (Å²) in [5.74, 6) is 2.60. The zero-order valence-corrected chi connectivity index (χ0v) is 10.0. The second-order valence-electron chi connectivity index (χ2n) is 3.36. The maximum atomic E-state index is 4.19. The van der Waals surface area contributed by atoms with E-state index in [0.29, 0.717) is 5.92 Å². The Bertz CT molecular complexity index is 270. The molecular formula is C9H16BrN3. The summed E-state index contributed by atoms with van der Waals surface area (Å²) in [6.45, 7) is 4.39. The molecule has 0 spiro atoms.